The average Bonchev–Trinajstić information content (AvgIpc) is 3.82. The van der Waals surface area contributed by atoms with Crippen molar-refractivity contribution in [2.45, 2.75) is 104 Å². The summed E-state index contributed by atoms with van der Waals surface area (Å²) in [6, 6.07) is 7.86. The number of aromatic nitrogens is 3. The highest BCUT2D eigenvalue weighted by Crippen LogP contribution is 2.42. The number of pyridine rings is 1. The number of likely N-dealkylation sites (N-methyl/N-ethyl adjacent to an activating group) is 2. The summed E-state index contributed by atoms with van der Waals surface area (Å²) in [5.41, 5.74) is 9.39. The molecule has 2 fully saturated rings. The Balaban J connectivity index is 1.28. The highest BCUT2D eigenvalue weighted by atomic mass is 32.1. The Morgan fingerprint density at radius 3 is 2.58 bits per heavy atom. The minimum Gasteiger partial charge on any atom is -0.464 e. The van der Waals surface area contributed by atoms with E-state index in [0.717, 1.165) is 44.7 Å². The third-order valence-electron chi connectivity index (χ3n) is 12.6. The van der Waals surface area contributed by atoms with E-state index in [-0.39, 0.29) is 43.0 Å². The Morgan fingerprint density at radius 2 is 1.89 bits per heavy atom. The first-order chi connectivity index (χ1) is 29.5. The van der Waals surface area contributed by atoms with Crippen LogP contribution < -0.4 is 10.7 Å². The van der Waals surface area contributed by atoms with Crippen LogP contribution in [0.1, 0.15) is 76.8 Å². The summed E-state index contributed by atoms with van der Waals surface area (Å²) in [6.45, 7) is 14.5. The molecule has 7 rings (SSSR count). The molecule has 2 N–H and O–H groups in total. The Morgan fingerprint density at radius 1 is 1.13 bits per heavy atom. The average molecular weight is 870 g/mol. The first-order valence-corrected chi connectivity index (χ1v) is 22.7. The van der Waals surface area contributed by atoms with Crippen molar-refractivity contribution >= 4 is 46.1 Å². The monoisotopic (exact) mass is 869 g/mol. The Labute approximate surface area is 369 Å². The first kappa shape index (κ1) is 45.1. The maximum absolute atomic E-state index is 14.5. The molecule has 6 heterocycles. The number of cyclic esters (lactones) is 1. The van der Waals surface area contributed by atoms with Gasteiger partial charge in [-0.05, 0) is 83.0 Å². The SMILES string of the molecule is CCn1c(-c2cccnc2[C@H](C)OC)c2c3cc(ccc31)-c1csc(n1)C[C@H](NC(=O)[C@H](C(C)C)N(C)C(=O)N1CC(N(C)C)C1)C(=O)N1CCC[C@H](N1)C(=O)OCC(C)(C)C2. The number of carbonyl (C=O) groups is 4. The van der Waals surface area contributed by atoms with Gasteiger partial charge in [0.25, 0.3) is 5.91 Å². The fraction of sp³-hybridized carbons (Fsp3) is 0.565. The van der Waals surface area contributed by atoms with Crippen molar-refractivity contribution in [2.75, 3.05) is 54.5 Å². The number of rotatable bonds is 9. The summed E-state index contributed by atoms with van der Waals surface area (Å²) in [6.07, 6.45) is 3.31. The molecular weight excluding hydrogens is 807 g/mol. The number of benzene rings is 1. The maximum Gasteiger partial charge on any atom is 0.324 e. The molecule has 6 bridgehead atoms. The van der Waals surface area contributed by atoms with Crippen molar-refractivity contribution < 1.29 is 28.7 Å². The number of aryl methyl sites for hydroxylation is 1. The zero-order valence-electron chi connectivity index (χ0n) is 37.9. The topological polar surface area (TPSA) is 154 Å². The number of methoxy groups -OCH3 is 1. The number of esters is 1. The number of amides is 4. The first-order valence-electron chi connectivity index (χ1n) is 21.8. The third kappa shape index (κ3) is 9.10. The van der Waals surface area contributed by atoms with Crippen molar-refractivity contribution in [3.8, 4) is 22.5 Å². The van der Waals surface area contributed by atoms with Gasteiger partial charge in [-0.2, -0.15) is 0 Å². The van der Waals surface area contributed by atoms with Crippen LogP contribution in [0.15, 0.2) is 41.9 Å². The number of hydrogen-bond acceptors (Lipinski definition) is 11. The molecule has 15 nitrogen and oxygen atoms in total. The molecule has 334 valence electrons. The smallest absolute Gasteiger partial charge is 0.324 e. The van der Waals surface area contributed by atoms with E-state index in [0.29, 0.717) is 50.4 Å². The number of fused-ring (bicyclic) bond motifs is 6. The second kappa shape index (κ2) is 18.4. The fourth-order valence-electron chi connectivity index (χ4n) is 9.03. The second-order valence-corrected chi connectivity index (χ2v) is 19.3. The van der Waals surface area contributed by atoms with Gasteiger partial charge >= 0.3 is 12.0 Å². The van der Waals surface area contributed by atoms with Gasteiger partial charge < -0.3 is 34.1 Å². The molecule has 0 aliphatic carbocycles. The standard InChI is InChI=1S/C46H63N9O6S/c1-11-54-37-17-16-29-20-32(37)33(41(54)31-14-12-18-47-39(31)28(4)60-10)22-46(5,6)26-61-44(58)34-15-13-19-55(50-34)43(57)35(21-38-48-36(29)25-62-38)49-42(56)40(27(2)3)52(9)45(59)53-23-30(24-53)51(7)8/h12,14,16-18,20,25,27-28,30,34-35,40,50H,11,13,15,19,21-24,26H2,1-10H3,(H,49,56)/t28-,34-,35-,40-/m0/s1. The van der Waals surface area contributed by atoms with Gasteiger partial charge in [-0.1, -0.05) is 33.8 Å². The third-order valence-corrected chi connectivity index (χ3v) is 13.5. The van der Waals surface area contributed by atoms with Crippen LogP contribution in [0.2, 0.25) is 0 Å². The van der Waals surface area contributed by atoms with Gasteiger partial charge in [-0.25, -0.2) is 15.2 Å². The molecule has 2 saturated heterocycles. The summed E-state index contributed by atoms with van der Waals surface area (Å²) in [5, 5.41) is 8.20. The summed E-state index contributed by atoms with van der Waals surface area (Å²) in [7, 11) is 7.31. The summed E-state index contributed by atoms with van der Waals surface area (Å²) in [4.78, 5) is 71.5. The number of carbonyl (C=O) groups excluding carboxylic acids is 4. The molecule has 3 aromatic heterocycles. The zero-order valence-corrected chi connectivity index (χ0v) is 38.7. The van der Waals surface area contributed by atoms with Crippen LogP contribution in [0.25, 0.3) is 33.4 Å². The lowest BCUT2D eigenvalue weighted by Gasteiger charge is -2.45. The highest BCUT2D eigenvalue weighted by Gasteiger charge is 2.41. The Kier molecular flexibility index (Phi) is 13.4. The molecule has 4 aromatic rings. The molecule has 16 heteroatoms. The van der Waals surface area contributed by atoms with Gasteiger partial charge in [-0.15, -0.1) is 11.3 Å². The second-order valence-electron chi connectivity index (χ2n) is 18.4. The number of thiazole rings is 1. The Hall–Kier alpha value is -4.90. The van der Waals surface area contributed by atoms with E-state index in [1.165, 1.54) is 21.2 Å². The molecule has 0 saturated carbocycles. The lowest BCUT2D eigenvalue weighted by molar-refractivity contribution is -0.155. The van der Waals surface area contributed by atoms with Gasteiger partial charge in [0, 0.05) is 91.8 Å². The minimum atomic E-state index is -1.04. The van der Waals surface area contributed by atoms with Gasteiger partial charge in [0.2, 0.25) is 5.91 Å². The van der Waals surface area contributed by atoms with E-state index in [9.17, 15) is 19.2 Å². The van der Waals surface area contributed by atoms with Crippen molar-refractivity contribution in [3.63, 3.8) is 0 Å². The lowest BCUT2D eigenvalue weighted by atomic mass is 9.84. The molecular formula is C46H63N9O6S. The minimum absolute atomic E-state index is 0.112. The van der Waals surface area contributed by atoms with E-state index in [1.54, 1.807) is 25.3 Å². The van der Waals surface area contributed by atoms with E-state index in [1.807, 2.05) is 46.3 Å². The molecule has 4 atom stereocenters. The number of nitrogens with zero attached hydrogens (tertiary/aromatic N) is 7. The van der Waals surface area contributed by atoms with Crippen LogP contribution in [0.5, 0.6) is 0 Å². The van der Waals surface area contributed by atoms with E-state index in [4.69, 9.17) is 19.4 Å². The van der Waals surface area contributed by atoms with Gasteiger partial charge in [-0.3, -0.25) is 24.4 Å². The quantitative estimate of drug-likeness (QED) is 0.206. The van der Waals surface area contributed by atoms with Crippen molar-refractivity contribution in [3.05, 3.63) is 58.2 Å². The van der Waals surface area contributed by atoms with Crippen LogP contribution in [0.3, 0.4) is 0 Å². The van der Waals surface area contributed by atoms with Gasteiger partial charge in [0.05, 0.1) is 34.8 Å². The largest absolute Gasteiger partial charge is 0.464 e. The van der Waals surface area contributed by atoms with Crippen molar-refractivity contribution in [1.82, 2.24) is 45.0 Å². The van der Waals surface area contributed by atoms with Crippen LogP contribution in [-0.4, -0.2) is 137 Å². The predicted octanol–water partition coefficient (Wildman–Crippen LogP) is 5.52. The van der Waals surface area contributed by atoms with E-state index in [2.05, 4.69) is 65.2 Å². The van der Waals surface area contributed by atoms with Gasteiger partial charge in [0.1, 0.15) is 18.1 Å². The number of ether oxygens (including phenoxy) is 2. The van der Waals surface area contributed by atoms with E-state index >= 15 is 0 Å². The van der Waals surface area contributed by atoms with Crippen LogP contribution in [0.4, 0.5) is 4.79 Å². The van der Waals surface area contributed by atoms with Crippen LogP contribution in [0, 0.1) is 11.3 Å². The van der Waals surface area contributed by atoms with Crippen molar-refractivity contribution in [1.29, 1.82) is 0 Å². The maximum atomic E-state index is 14.5. The molecule has 1 aromatic carbocycles. The van der Waals surface area contributed by atoms with Crippen LogP contribution in [-0.2, 0) is 43.2 Å². The molecule has 0 unspecified atom stereocenters. The molecule has 0 spiro atoms. The summed E-state index contributed by atoms with van der Waals surface area (Å²) in [5.74, 6) is -1.51. The Bertz CT molecular complexity index is 2300. The fourth-order valence-corrected chi connectivity index (χ4v) is 9.88. The lowest BCUT2D eigenvalue weighted by Crippen LogP contribution is -2.65. The zero-order chi connectivity index (χ0) is 44.6. The molecule has 3 aliphatic rings. The molecule has 0 radical (unpaired) electrons. The number of hydrazine groups is 1. The number of nitrogens with one attached hydrogen (secondary N) is 2. The normalized spacial score (nSPS) is 20.8. The summed E-state index contributed by atoms with van der Waals surface area (Å²) >= 11 is 1.43. The van der Waals surface area contributed by atoms with E-state index < -0.39 is 35.4 Å². The highest BCUT2D eigenvalue weighted by molar-refractivity contribution is 7.10. The molecule has 4 amide bonds. The van der Waals surface area contributed by atoms with Gasteiger partial charge in [0.15, 0.2) is 0 Å². The number of likely N-dealkylation sites (tertiary alicyclic amines) is 1. The predicted molar refractivity (Wildman–Crippen MR) is 240 cm³/mol. The number of hydrogen-bond donors (Lipinski definition) is 2. The summed E-state index contributed by atoms with van der Waals surface area (Å²) < 4.78 is 14.2. The van der Waals surface area contributed by atoms with Crippen molar-refractivity contribution in [2.24, 2.45) is 11.3 Å². The van der Waals surface area contributed by atoms with Crippen LogP contribution >= 0.6 is 11.3 Å². The number of urea groups is 1. The molecule has 3 aliphatic heterocycles. The molecule has 62 heavy (non-hydrogen) atoms.